The standard InChI is InChI=1S/C20H20N/c1-2-3-6-16-9-11-17(12-10-16)15-20-19-8-5-4-7-18(19)13-14-21-20/h4,7-14H,2-3,6,15H2,1H3. The molecule has 0 N–H and O–H groups in total. The topological polar surface area (TPSA) is 12.9 Å². The summed E-state index contributed by atoms with van der Waals surface area (Å²) in [5.74, 6) is 0. The molecule has 0 spiro atoms. The highest BCUT2D eigenvalue weighted by Crippen LogP contribution is 2.19. The summed E-state index contributed by atoms with van der Waals surface area (Å²) in [5.41, 5.74) is 3.88. The van der Waals surface area contributed by atoms with Gasteiger partial charge in [-0.2, -0.15) is 0 Å². The third kappa shape index (κ3) is 3.30. The normalized spacial score (nSPS) is 10.9. The lowest BCUT2D eigenvalue weighted by Crippen LogP contribution is -1.94. The van der Waals surface area contributed by atoms with Gasteiger partial charge in [0.1, 0.15) is 0 Å². The van der Waals surface area contributed by atoms with Gasteiger partial charge in [-0.05, 0) is 47.6 Å². The Labute approximate surface area is 126 Å². The number of fused-ring (bicyclic) bond motifs is 1. The lowest BCUT2D eigenvalue weighted by molar-refractivity contribution is 0.794. The van der Waals surface area contributed by atoms with Gasteiger partial charge in [-0.3, -0.25) is 4.98 Å². The largest absolute Gasteiger partial charge is 0.260 e. The smallest absolute Gasteiger partial charge is 0.0525 e. The molecule has 2 aromatic carbocycles. The Hall–Kier alpha value is -2.15. The molecule has 1 aromatic heterocycles. The van der Waals surface area contributed by atoms with Crippen LogP contribution in [0.1, 0.15) is 36.6 Å². The molecule has 0 aliphatic heterocycles. The SMILES string of the molecule is CCCCc1ccc(Cc2nccc3cc[c]cc23)cc1. The van der Waals surface area contributed by atoms with E-state index in [4.69, 9.17) is 0 Å². The molecular weight excluding hydrogens is 254 g/mol. The van der Waals surface area contributed by atoms with Gasteiger partial charge in [0, 0.05) is 18.0 Å². The number of rotatable bonds is 5. The number of unbranched alkanes of at least 4 members (excludes halogenated alkanes) is 1. The van der Waals surface area contributed by atoms with Crippen molar-refractivity contribution in [3.05, 3.63) is 77.6 Å². The lowest BCUT2D eigenvalue weighted by Gasteiger charge is -2.07. The first kappa shape index (κ1) is 13.8. The lowest BCUT2D eigenvalue weighted by atomic mass is 10.0. The Kier molecular flexibility index (Phi) is 4.30. The highest BCUT2D eigenvalue weighted by atomic mass is 14.7. The van der Waals surface area contributed by atoms with E-state index < -0.39 is 0 Å². The molecular formula is C20H20N. The van der Waals surface area contributed by atoms with Crippen LogP contribution in [0.3, 0.4) is 0 Å². The van der Waals surface area contributed by atoms with Crippen LogP contribution >= 0.6 is 0 Å². The Morgan fingerprint density at radius 3 is 2.62 bits per heavy atom. The molecule has 1 heteroatoms. The van der Waals surface area contributed by atoms with Crippen LogP contribution in [0.15, 0.2) is 54.7 Å². The second kappa shape index (κ2) is 6.53. The third-order valence-electron chi connectivity index (χ3n) is 3.91. The Morgan fingerprint density at radius 2 is 1.81 bits per heavy atom. The van der Waals surface area contributed by atoms with E-state index in [1.165, 1.54) is 41.2 Å². The summed E-state index contributed by atoms with van der Waals surface area (Å²) < 4.78 is 0. The average molecular weight is 274 g/mol. The average Bonchev–Trinajstić information content (AvgIpc) is 2.55. The summed E-state index contributed by atoms with van der Waals surface area (Å²) in [6, 6.07) is 20.3. The summed E-state index contributed by atoms with van der Waals surface area (Å²) in [7, 11) is 0. The fourth-order valence-corrected chi connectivity index (χ4v) is 2.65. The number of aromatic nitrogens is 1. The maximum Gasteiger partial charge on any atom is 0.0525 e. The summed E-state index contributed by atoms with van der Waals surface area (Å²) in [6.45, 7) is 2.23. The summed E-state index contributed by atoms with van der Waals surface area (Å²) in [4.78, 5) is 4.55. The molecule has 0 saturated carbocycles. The van der Waals surface area contributed by atoms with Gasteiger partial charge in [0.05, 0.1) is 5.69 Å². The molecule has 0 amide bonds. The highest BCUT2D eigenvalue weighted by Gasteiger charge is 2.03. The molecule has 0 saturated heterocycles. The molecule has 3 aromatic rings. The van der Waals surface area contributed by atoms with Crippen LogP contribution in [0.4, 0.5) is 0 Å². The zero-order valence-electron chi connectivity index (χ0n) is 12.5. The molecule has 3 rings (SSSR count). The van der Waals surface area contributed by atoms with Gasteiger partial charge >= 0.3 is 0 Å². The molecule has 0 bridgehead atoms. The van der Waals surface area contributed by atoms with Gasteiger partial charge in [0.15, 0.2) is 0 Å². The zero-order chi connectivity index (χ0) is 14.5. The van der Waals surface area contributed by atoms with Crippen molar-refractivity contribution < 1.29 is 0 Å². The van der Waals surface area contributed by atoms with E-state index in [1.54, 1.807) is 0 Å². The van der Waals surface area contributed by atoms with Gasteiger partial charge < -0.3 is 0 Å². The minimum atomic E-state index is 0.878. The molecule has 0 atom stereocenters. The number of benzene rings is 2. The second-order valence-corrected chi connectivity index (χ2v) is 5.50. The predicted molar refractivity (Wildman–Crippen MR) is 88.4 cm³/mol. The van der Waals surface area contributed by atoms with Crippen molar-refractivity contribution in [2.24, 2.45) is 0 Å². The van der Waals surface area contributed by atoms with Crippen molar-refractivity contribution in [3.63, 3.8) is 0 Å². The number of aryl methyl sites for hydroxylation is 1. The fourth-order valence-electron chi connectivity index (χ4n) is 2.65. The van der Waals surface area contributed by atoms with Crippen LogP contribution in [-0.4, -0.2) is 4.98 Å². The van der Waals surface area contributed by atoms with Crippen LogP contribution in [0.25, 0.3) is 10.8 Å². The van der Waals surface area contributed by atoms with Crippen LogP contribution < -0.4 is 0 Å². The first-order valence-corrected chi connectivity index (χ1v) is 7.68. The monoisotopic (exact) mass is 274 g/mol. The highest BCUT2D eigenvalue weighted by molar-refractivity contribution is 5.84. The maximum absolute atomic E-state index is 4.55. The van der Waals surface area contributed by atoms with E-state index in [-0.39, 0.29) is 0 Å². The van der Waals surface area contributed by atoms with Crippen molar-refractivity contribution in [3.8, 4) is 0 Å². The van der Waals surface area contributed by atoms with Crippen molar-refractivity contribution in [1.29, 1.82) is 0 Å². The Morgan fingerprint density at radius 1 is 1.00 bits per heavy atom. The number of hydrogen-bond donors (Lipinski definition) is 0. The van der Waals surface area contributed by atoms with Crippen LogP contribution in [0.5, 0.6) is 0 Å². The fraction of sp³-hybridized carbons (Fsp3) is 0.250. The third-order valence-corrected chi connectivity index (χ3v) is 3.91. The molecule has 0 unspecified atom stereocenters. The number of pyridine rings is 1. The van der Waals surface area contributed by atoms with Crippen molar-refractivity contribution in [1.82, 2.24) is 4.98 Å². The molecule has 21 heavy (non-hydrogen) atoms. The Balaban J connectivity index is 1.82. The van der Waals surface area contributed by atoms with Gasteiger partial charge in [-0.15, -0.1) is 0 Å². The maximum atomic E-state index is 4.55. The molecule has 0 aliphatic rings. The molecule has 0 fully saturated rings. The minimum Gasteiger partial charge on any atom is -0.260 e. The first-order chi connectivity index (χ1) is 10.4. The summed E-state index contributed by atoms with van der Waals surface area (Å²) in [5, 5.41) is 2.44. The van der Waals surface area contributed by atoms with E-state index in [2.05, 4.69) is 54.4 Å². The van der Waals surface area contributed by atoms with E-state index in [1.807, 2.05) is 18.3 Å². The molecule has 1 radical (unpaired) electrons. The first-order valence-electron chi connectivity index (χ1n) is 7.68. The molecule has 0 aliphatic carbocycles. The van der Waals surface area contributed by atoms with Crippen LogP contribution in [-0.2, 0) is 12.8 Å². The van der Waals surface area contributed by atoms with Crippen molar-refractivity contribution in [2.75, 3.05) is 0 Å². The van der Waals surface area contributed by atoms with Crippen molar-refractivity contribution in [2.45, 2.75) is 32.6 Å². The van der Waals surface area contributed by atoms with Crippen molar-refractivity contribution >= 4 is 10.8 Å². The minimum absolute atomic E-state index is 0.878. The number of nitrogens with zero attached hydrogens (tertiary/aromatic N) is 1. The summed E-state index contributed by atoms with van der Waals surface area (Å²) in [6.07, 6.45) is 6.47. The van der Waals surface area contributed by atoms with E-state index in [9.17, 15) is 0 Å². The van der Waals surface area contributed by atoms with E-state index >= 15 is 0 Å². The quantitative estimate of drug-likeness (QED) is 0.640. The molecule has 105 valence electrons. The van der Waals surface area contributed by atoms with Gasteiger partial charge in [-0.25, -0.2) is 0 Å². The van der Waals surface area contributed by atoms with Gasteiger partial charge in [0.25, 0.3) is 0 Å². The van der Waals surface area contributed by atoms with Gasteiger partial charge in [-0.1, -0.05) is 49.7 Å². The van der Waals surface area contributed by atoms with E-state index in [0.717, 1.165) is 12.1 Å². The van der Waals surface area contributed by atoms with E-state index in [0.29, 0.717) is 0 Å². The van der Waals surface area contributed by atoms with Crippen LogP contribution in [0.2, 0.25) is 0 Å². The molecule has 1 nitrogen and oxygen atoms in total. The Bertz CT molecular complexity index is 708. The van der Waals surface area contributed by atoms with Crippen LogP contribution in [0, 0.1) is 6.07 Å². The molecule has 1 heterocycles. The zero-order valence-corrected chi connectivity index (χ0v) is 12.5. The van der Waals surface area contributed by atoms with Gasteiger partial charge in [0.2, 0.25) is 0 Å². The second-order valence-electron chi connectivity index (χ2n) is 5.50. The number of hydrogen-bond acceptors (Lipinski definition) is 1. The predicted octanol–water partition coefficient (Wildman–Crippen LogP) is 4.97. The summed E-state index contributed by atoms with van der Waals surface area (Å²) >= 11 is 0.